The summed E-state index contributed by atoms with van der Waals surface area (Å²) >= 11 is 0. The maximum Gasteiger partial charge on any atom is 0.254 e. The van der Waals surface area contributed by atoms with Gasteiger partial charge in [0, 0.05) is 42.7 Å². The van der Waals surface area contributed by atoms with E-state index in [1.54, 1.807) is 43.7 Å². The van der Waals surface area contributed by atoms with Gasteiger partial charge in [-0.3, -0.25) is 9.78 Å². The average Bonchev–Trinajstić information content (AvgIpc) is 2.56. The number of rotatable bonds is 5. The second-order valence-electron chi connectivity index (χ2n) is 4.98. The highest BCUT2D eigenvalue weighted by Gasteiger charge is 2.14. The van der Waals surface area contributed by atoms with Gasteiger partial charge in [-0.2, -0.15) is 0 Å². The van der Waals surface area contributed by atoms with E-state index in [1.807, 2.05) is 0 Å². The van der Waals surface area contributed by atoms with Crippen molar-refractivity contribution >= 4 is 5.91 Å². The van der Waals surface area contributed by atoms with E-state index in [9.17, 15) is 20.1 Å². The van der Waals surface area contributed by atoms with Crippen molar-refractivity contribution in [2.45, 2.75) is 19.8 Å². The predicted octanol–water partition coefficient (Wildman–Crippen LogP) is 1.04. The van der Waals surface area contributed by atoms with Gasteiger partial charge in [-0.1, -0.05) is 0 Å². The summed E-state index contributed by atoms with van der Waals surface area (Å²) in [7, 11) is 1.66. The van der Waals surface area contributed by atoms with Crippen LogP contribution in [0.25, 0.3) is 0 Å². The van der Waals surface area contributed by atoms with Gasteiger partial charge in [0.25, 0.3) is 5.91 Å². The zero-order valence-electron chi connectivity index (χ0n) is 12.2. The molecular weight excluding hydrogens is 284 g/mol. The second-order valence-corrected chi connectivity index (χ2v) is 4.98. The Morgan fingerprint density at radius 1 is 1.14 bits per heavy atom. The van der Waals surface area contributed by atoms with E-state index in [1.165, 1.54) is 4.90 Å². The lowest BCUT2D eigenvalue weighted by molar-refractivity contribution is 0.0785. The number of aliphatic hydroxyl groups is 2. The first kappa shape index (κ1) is 15.9. The van der Waals surface area contributed by atoms with E-state index >= 15 is 0 Å². The number of carbonyl (C=O) groups is 1. The summed E-state index contributed by atoms with van der Waals surface area (Å²) in [6.45, 7) is -0.384. The molecule has 1 amide bonds. The number of aliphatic hydroxyl groups excluding tert-OH is 2. The van der Waals surface area contributed by atoms with Crippen LogP contribution in [0.1, 0.15) is 27.0 Å². The Balaban J connectivity index is 2.21. The van der Waals surface area contributed by atoms with Crippen LogP contribution in [0.2, 0.25) is 0 Å². The largest absolute Gasteiger partial charge is 0.507 e. The Labute approximate surface area is 128 Å². The molecule has 2 aromatic rings. The quantitative estimate of drug-likeness (QED) is 0.767. The van der Waals surface area contributed by atoms with Gasteiger partial charge >= 0.3 is 0 Å². The third-order valence-corrected chi connectivity index (χ3v) is 3.36. The van der Waals surface area contributed by atoms with Crippen LogP contribution >= 0.6 is 0 Å². The van der Waals surface area contributed by atoms with Crippen LogP contribution in [-0.4, -0.2) is 38.2 Å². The number of pyridine rings is 1. The molecule has 0 aliphatic carbocycles. The third kappa shape index (κ3) is 3.41. The van der Waals surface area contributed by atoms with Gasteiger partial charge in [0.15, 0.2) is 0 Å². The molecule has 1 aromatic carbocycles. The molecule has 0 atom stereocenters. The fourth-order valence-electron chi connectivity index (χ4n) is 2.23. The number of carbonyl (C=O) groups excluding carboxylic acids is 1. The normalized spacial score (nSPS) is 10.5. The maximum atomic E-state index is 12.3. The van der Waals surface area contributed by atoms with Crippen LogP contribution in [-0.2, 0) is 19.8 Å². The van der Waals surface area contributed by atoms with Crippen molar-refractivity contribution in [3.8, 4) is 5.75 Å². The highest BCUT2D eigenvalue weighted by atomic mass is 16.3. The molecular formula is C16H18N2O4. The van der Waals surface area contributed by atoms with Gasteiger partial charge in [-0.25, -0.2) is 0 Å². The molecule has 2 rings (SSSR count). The molecule has 6 heteroatoms. The highest BCUT2D eigenvalue weighted by molar-refractivity contribution is 5.93. The van der Waals surface area contributed by atoms with Crippen LogP contribution < -0.4 is 0 Å². The van der Waals surface area contributed by atoms with Gasteiger partial charge in [0.2, 0.25) is 0 Å². The van der Waals surface area contributed by atoms with Crippen LogP contribution in [0.5, 0.6) is 5.75 Å². The fourth-order valence-corrected chi connectivity index (χ4v) is 2.23. The Morgan fingerprint density at radius 2 is 1.68 bits per heavy atom. The Morgan fingerprint density at radius 3 is 2.18 bits per heavy atom. The van der Waals surface area contributed by atoms with Crippen molar-refractivity contribution in [1.82, 2.24) is 9.88 Å². The minimum absolute atomic E-state index is 0.114. The monoisotopic (exact) mass is 302 g/mol. The van der Waals surface area contributed by atoms with Crippen LogP contribution in [0.4, 0.5) is 0 Å². The zero-order valence-corrected chi connectivity index (χ0v) is 12.2. The Hall–Kier alpha value is -2.44. The molecule has 0 saturated heterocycles. The summed E-state index contributed by atoms with van der Waals surface area (Å²) in [5, 5.41) is 28.3. The zero-order chi connectivity index (χ0) is 16.1. The molecule has 0 aliphatic rings. The van der Waals surface area contributed by atoms with Crippen LogP contribution in [0, 0.1) is 0 Å². The lowest BCUT2D eigenvalue weighted by atomic mass is 10.0. The maximum absolute atomic E-state index is 12.3. The summed E-state index contributed by atoms with van der Waals surface area (Å²) in [5.74, 6) is -0.275. The van der Waals surface area contributed by atoms with Crippen LogP contribution in [0.15, 0.2) is 36.7 Å². The SMILES string of the molecule is CN(Cc1cc(CO)c(O)c(CO)c1)C(=O)c1ccncc1. The lowest BCUT2D eigenvalue weighted by Gasteiger charge is -2.19. The molecule has 0 unspecified atom stereocenters. The number of aromatic nitrogens is 1. The molecule has 3 N–H and O–H groups in total. The second kappa shape index (κ2) is 7.02. The molecule has 0 fully saturated rings. The molecule has 0 saturated carbocycles. The van der Waals surface area contributed by atoms with Crippen molar-refractivity contribution in [3.05, 3.63) is 58.9 Å². The summed E-state index contributed by atoms with van der Waals surface area (Å²) in [5.41, 5.74) is 1.90. The van der Waals surface area contributed by atoms with E-state index in [0.717, 1.165) is 5.56 Å². The third-order valence-electron chi connectivity index (χ3n) is 3.36. The van der Waals surface area contributed by atoms with E-state index < -0.39 is 0 Å². The van der Waals surface area contributed by atoms with E-state index in [4.69, 9.17) is 0 Å². The molecule has 0 bridgehead atoms. The molecule has 116 valence electrons. The van der Waals surface area contributed by atoms with E-state index in [0.29, 0.717) is 23.2 Å². The summed E-state index contributed by atoms with van der Waals surface area (Å²) in [6.07, 6.45) is 3.10. The molecule has 6 nitrogen and oxygen atoms in total. The number of phenols is 1. The summed E-state index contributed by atoms with van der Waals surface area (Å²) in [4.78, 5) is 17.7. The number of amides is 1. The summed E-state index contributed by atoms with van der Waals surface area (Å²) in [6, 6.07) is 6.50. The van der Waals surface area contributed by atoms with Gasteiger partial charge < -0.3 is 20.2 Å². The number of nitrogens with zero attached hydrogens (tertiary/aromatic N) is 2. The fraction of sp³-hybridized carbons (Fsp3) is 0.250. The molecule has 0 radical (unpaired) electrons. The number of hydrogen-bond donors (Lipinski definition) is 3. The first-order chi connectivity index (χ1) is 10.6. The topological polar surface area (TPSA) is 93.9 Å². The first-order valence-electron chi connectivity index (χ1n) is 6.77. The van der Waals surface area contributed by atoms with Crippen molar-refractivity contribution in [2.24, 2.45) is 0 Å². The van der Waals surface area contributed by atoms with Crippen molar-refractivity contribution in [3.63, 3.8) is 0 Å². The first-order valence-corrected chi connectivity index (χ1v) is 6.77. The minimum Gasteiger partial charge on any atom is -0.507 e. The Bertz CT molecular complexity index is 633. The molecule has 22 heavy (non-hydrogen) atoms. The Kier molecular flexibility index (Phi) is 5.08. The molecule has 0 aliphatic heterocycles. The highest BCUT2D eigenvalue weighted by Crippen LogP contribution is 2.25. The average molecular weight is 302 g/mol. The summed E-state index contributed by atoms with van der Waals surface area (Å²) < 4.78 is 0. The van der Waals surface area contributed by atoms with Gasteiger partial charge in [-0.15, -0.1) is 0 Å². The van der Waals surface area contributed by atoms with Gasteiger partial charge in [0.1, 0.15) is 5.75 Å². The van der Waals surface area contributed by atoms with Gasteiger partial charge in [-0.05, 0) is 29.8 Å². The van der Waals surface area contributed by atoms with Crippen molar-refractivity contribution in [1.29, 1.82) is 0 Å². The minimum atomic E-state index is -0.339. The van der Waals surface area contributed by atoms with E-state index in [-0.39, 0.29) is 24.9 Å². The standard InChI is InChI=1S/C16H18N2O4/c1-18(16(22)12-2-4-17-5-3-12)8-11-6-13(9-19)15(21)14(7-11)10-20/h2-7,19-21H,8-10H2,1H3. The van der Waals surface area contributed by atoms with Gasteiger partial charge in [0.05, 0.1) is 13.2 Å². The number of aromatic hydroxyl groups is 1. The van der Waals surface area contributed by atoms with E-state index in [2.05, 4.69) is 4.98 Å². The number of benzene rings is 1. The lowest BCUT2D eigenvalue weighted by Crippen LogP contribution is -2.26. The van der Waals surface area contributed by atoms with Crippen LogP contribution in [0.3, 0.4) is 0 Å². The number of hydrogen-bond acceptors (Lipinski definition) is 5. The van der Waals surface area contributed by atoms with Crippen molar-refractivity contribution < 1.29 is 20.1 Å². The molecule has 1 aromatic heterocycles. The molecule has 1 heterocycles. The van der Waals surface area contributed by atoms with Crippen molar-refractivity contribution in [2.75, 3.05) is 7.05 Å². The molecule has 0 spiro atoms. The predicted molar refractivity (Wildman–Crippen MR) is 80.0 cm³/mol. The smallest absolute Gasteiger partial charge is 0.254 e.